The minimum atomic E-state index is -3.88. The fraction of sp³-hybridized carbons (Fsp3) is 0.500. The molecule has 11 heteroatoms. The molecular weight excluding hydrogens is 592 g/mol. The third-order valence-corrected chi connectivity index (χ3v) is 11.2. The Morgan fingerprint density at radius 3 is 2.58 bits per heavy atom. The number of benzene rings is 2. The summed E-state index contributed by atoms with van der Waals surface area (Å²) in [4.78, 5) is 16.1. The topological polar surface area (TPSA) is 124 Å². The van der Waals surface area contributed by atoms with Crippen LogP contribution < -0.4 is 9.46 Å². The molecule has 45 heavy (non-hydrogen) atoms. The molecule has 3 N–H and O–H groups in total. The van der Waals surface area contributed by atoms with Crippen LogP contribution in [0.25, 0.3) is 28.2 Å². The van der Waals surface area contributed by atoms with E-state index in [-0.39, 0.29) is 18.4 Å². The van der Waals surface area contributed by atoms with E-state index in [0.717, 1.165) is 70.6 Å². The van der Waals surface area contributed by atoms with E-state index in [1.54, 1.807) is 13.2 Å². The molecule has 1 amide bonds. The SMILES string of the molecule is COc1ccc2c(c1)C=C(C(=O)N1CCCC(CO)C1)Cn1c-2c(C2CCCCC2)c2ccc(C(O)NS(=O)(=O)N(C)C)cc21. The number of aliphatic hydroxyl groups excluding tert-OH is 2. The Kier molecular flexibility index (Phi) is 9.09. The fourth-order valence-electron chi connectivity index (χ4n) is 7.27. The first-order valence-electron chi connectivity index (χ1n) is 15.9. The number of fused-ring (bicyclic) bond motifs is 5. The summed E-state index contributed by atoms with van der Waals surface area (Å²) in [6.07, 6.45) is 7.94. The highest BCUT2D eigenvalue weighted by Crippen LogP contribution is 2.47. The summed E-state index contributed by atoms with van der Waals surface area (Å²) in [6, 6.07) is 11.6. The van der Waals surface area contributed by atoms with Gasteiger partial charge in [-0.05, 0) is 84.6 Å². The molecule has 0 radical (unpaired) electrons. The van der Waals surface area contributed by atoms with Crippen molar-refractivity contribution in [1.29, 1.82) is 0 Å². The van der Waals surface area contributed by atoms with Gasteiger partial charge in [0.05, 0.1) is 19.3 Å². The van der Waals surface area contributed by atoms with Crippen molar-refractivity contribution in [3.8, 4) is 17.0 Å². The molecule has 3 aromatic rings. The van der Waals surface area contributed by atoms with E-state index < -0.39 is 16.4 Å². The minimum absolute atomic E-state index is 0.0502. The number of rotatable bonds is 8. The largest absolute Gasteiger partial charge is 0.497 e. The number of hydrogen-bond acceptors (Lipinski definition) is 6. The van der Waals surface area contributed by atoms with Crippen molar-refractivity contribution in [2.75, 3.05) is 40.9 Å². The van der Waals surface area contributed by atoms with Crippen molar-refractivity contribution >= 4 is 33.1 Å². The Hall–Kier alpha value is -3.22. The van der Waals surface area contributed by atoms with Crippen LogP contribution in [0, 0.1) is 5.92 Å². The zero-order valence-corrected chi connectivity index (χ0v) is 27.1. The number of aliphatic hydroxyl groups is 2. The number of methoxy groups -OCH3 is 1. The van der Waals surface area contributed by atoms with Gasteiger partial charge in [0, 0.05) is 55.8 Å². The highest BCUT2D eigenvalue weighted by atomic mass is 32.2. The highest BCUT2D eigenvalue weighted by Gasteiger charge is 2.33. The third-order valence-electron chi connectivity index (χ3n) is 9.71. The smallest absolute Gasteiger partial charge is 0.281 e. The normalized spacial score (nSPS) is 20.0. The van der Waals surface area contributed by atoms with E-state index in [0.29, 0.717) is 42.4 Å². The molecule has 1 aromatic heterocycles. The van der Waals surface area contributed by atoms with Crippen LogP contribution in [0.5, 0.6) is 5.75 Å². The second-order valence-corrected chi connectivity index (χ2v) is 14.7. The molecule has 3 heterocycles. The van der Waals surface area contributed by atoms with Crippen molar-refractivity contribution in [3.05, 3.63) is 58.7 Å². The standard InChI is InChI=1S/C34H44N4O6S/c1-36(2)45(42,43)35-33(40)24-11-13-29-30(18-24)38-20-26(34(41)37-15-7-8-22(19-37)21-39)16-25-17-27(44-3)12-14-28(25)32(38)31(29)23-9-5-4-6-10-23/h11-14,16-18,22-23,33,35,39-40H,4-10,15,19-21H2,1-3H3. The summed E-state index contributed by atoms with van der Waals surface area (Å²) in [5.74, 6) is 1.06. The lowest BCUT2D eigenvalue weighted by molar-refractivity contribution is -0.129. The van der Waals surface area contributed by atoms with Gasteiger partial charge in [0.1, 0.15) is 12.0 Å². The highest BCUT2D eigenvalue weighted by molar-refractivity contribution is 7.87. The maximum absolute atomic E-state index is 14.2. The number of ether oxygens (including phenoxy) is 1. The number of carbonyl (C=O) groups is 1. The van der Waals surface area contributed by atoms with Crippen molar-refractivity contribution in [1.82, 2.24) is 18.5 Å². The quantitative estimate of drug-likeness (QED) is 0.316. The number of carbonyl (C=O) groups excluding carboxylic acids is 1. The van der Waals surface area contributed by atoms with Gasteiger partial charge >= 0.3 is 0 Å². The van der Waals surface area contributed by atoms with Gasteiger partial charge < -0.3 is 24.4 Å². The van der Waals surface area contributed by atoms with Crippen LogP contribution in [0.1, 0.15) is 73.8 Å². The first-order chi connectivity index (χ1) is 21.6. The van der Waals surface area contributed by atoms with Crippen LogP contribution in [-0.4, -0.2) is 79.2 Å². The monoisotopic (exact) mass is 636 g/mol. The predicted molar refractivity (Wildman–Crippen MR) is 175 cm³/mol. The molecule has 10 nitrogen and oxygen atoms in total. The molecule has 2 unspecified atom stereocenters. The molecule has 2 aromatic carbocycles. The molecule has 0 bridgehead atoms. The van der Waals surface area contributed by atoms with Crippen molar-refractivity contribution in [2.45, 2.75) is 63.6 Å². The number of likely N-dealkylation sites (tertiary alicyclic amines) is 1. The van der Waals surface area contributed by atoms with E-state index in [1.165, 1.54) is 26.1 Å². The van der Waals surface area contributed by atoms with Gasteiger partial charge in [-0.2, -0.15) is 17.4 Å². The second-order valence-electron chi connectivity index (χ2n) is 12.8. The fourth-order valence-corrected chi connectivity index (χ4v) is 7.90. The number of hydrogen-bond donors (Lipinski definition) is 3. The molecule has 0 spiro atoms. The Labute approximate surface area is 265 Å². The molecule has 2 fully saturated rings. The van der Waals surface area contributed by atoms with E-state index in [2.05, 4.69) is 15.4 Å². The van der Waals surface area contributed by atoms with Crippen LogP contribution in [-0.2, 0) is 21.5 Å². The van der Waals surface area contributed by atoms with Gasteiger partial charge in [-0.15, -0.1) is 0 Å². The number of amides is 1. The number of piperidine rings is 1. The van der Waals surface area contributed by atoms with E-state index in [9.17, 15) is 23.4 Å². The van der Waals surface area contributed by atoms with Gasteiger partial charge in [-0.25, -0.2) is 0 Å². The number of nitrogens with one attached hydrogen (secondary N) is 1. The lowest BCUT2D eigenvalue weighted by Gasteiger charge is -2.32. The van der Waals surface area contributed by atoms with Crippen LogP contribution in [0.4, 0.5) is 0 Å². The maximum Gasteiger partial charge on any atom is 0.281 e. The van der Waals surface area contributed by atoms with Gasteiger partial charge in [0.25, 0.3) is 16.1 Å². The van der Waals surface area contributed by atoms with Gasteiger partial charge in [0.15, 0.2) is 0 Å². The van der Waals surface area contributed by atoms with Crippen LogP contribution in [0.3, 0.4) is 0 Å². The van der Waals surface area contributed by atoms with Crippen LogP contribution in [0.2, 0.25) is 0 Å². The Balaban J connectivity index is 1.54. The zero-order chi connectivity index (χ0) is 31.9. The Morgan fingerprint density at radius 2 is 1.87 bits per heavy atom. The van der Waals surface area contributed by atoms with Gasteiger partial charge in [0.2, 0.25) is 0 Å². The third kappa shape index (κ3) is 6.16. The number of nitrogens with zero attached hydrogens (tertiary/aromatic N) is 3. The lowest BCUT2D eigenvalue weighted by Crippen LogP contribution is -2.42. The zero-order valence-electron chi connectivity index (χ0n) is 26.3. The van der Waals surface area contributed by atoms with Crippen molar-refractivity contribution in [2.24, 2.45) is 5.92 Å². The summed E-state index contributed by atoms with van der Waals surface area (Å²) in [5, 5.41) is 21.9. The van der Waals surface area contributed by atoms with Gasteiger partial charge in [-0.3, -0.25) is 4.79 Å². The summed E-state index contributed by atoms with van der Waals surface area (Å²) in [6.45, 7) is 1.54. The van der Waals surface area contributed by atoms with E-state index >= 15 is 0 Å². The molecule has 1 aliphatic carbocycles. The Morgan fingerprint density at radius 1 is 1.09 bits per heavy atom. The first-order valence-corrected chi connectivity index (χ1v) is 17.4. The average Bonchev–Trinajstić information content (AvgIpc) is 3.26. The molecule has 1 saturated heterocycles. The molecule has 6 rings (SSSR count). The van der Waals surface area contributed by atoms with Crippen LogP contribution in [0.15, 0.2) is 42.0 Å². The van der Waals surface area contributed by atoms with Gasteiger partial charge in [-0.1, -0.05) is 31.4 Å². The second kappa shape index (κ2) is 12.9. The molecular formula is C34H44N4O6S. The van der Waals surface area contributed by atoms with E-state index in [4.69, 9.17) is 4.74 Å². The summed E-state index contributed by atoms with van der Waals surface area (Å²) < 4.78 is 36.2. The maximum atomic E-state index is 14.2. The number of aromatic nitrogens is 1. The first kappa shape index (κ1) is 31.7. The average molecular weight is 637 g/mol. The lowest BCUT2D eigenvalue weighted by atomic mass is 9.81. The Bertz CT molecular complexity index is 1720. The minimum Gasteiger partial charge on any atom is -0.497 e. The summed E-state index contributed by atoms with van der Waals surface area (Å²) >= 11 is 0. The molecule has 2 aliphatic heterocycles. The van der Waals surface area contributed by atoms with Crippen LogP contribution >= 0.6 is 0 Å². The summed E-state index contributed by atoms with van der Waals surface area (Å²) in [5.41, 5.74) is 6.12. The molecule has 1 saturated carbocycles. The van der Waals surface area contributed by atoms with Crippen molar-refractivity contribution < 1.29 is 28.2 Å². The predicted octanol–water partition coefficient (Wildman–Crippen LogP) is 4.38. The molecule has 2 atom stereocenters. The van der Waals surface area contributed by atoms with Crippen molar-refractivity contribution in [3.63, 3.8) is 0 Å². The molecule has 242 valence electrons. The molecule has 3 aliphatic rings. The summed E-state index contributed by atoms with van der Waals surface area (Å²) in [7, 11) is 0.569. The van der Waals surface area contributed by atoms with E-state index in [1.807, 2.05) is 35.2 Å².